The van der Waals surface area contributed by atoms with Gasteiger partial charge in [0, 0.05) is 18.3 Å². The number of nitrogens with one attached hydrogen (secondary N) is 1. The Balaban J connectivity index is 2.33. The molecule has 6 nitrogen and oxygen atoms in total. The van der Waals surface area contributed by atoms with Crippen LogP contribution in [-0.4, -0.2) is 28.7 Å². The van der Waals surface area contributed by atoms with Gasteiger partial charge in [-0.15, -0.1) is 0 Å². The van der Waals surface area contributed by atoms with E-state index < -0.39 is 10.0 Å². The number of H-pyrrole nitrogens is 1. The third-order valence-corrected chi connectivity index (χ3v) is 4.87. The second kappa shape index (κ2) is 5.64. The Morgan fingerprint density at radius 2 is 2.15 bits per heavy atom. The maximum absolute atomic E-state index is 12.5. The van der Waals surface area contributed by atoms with Crippen LogP contribution in [0.15, 0.2) is 41.8 Å². The van der Waals surface area contributed by atoms with Crippen LogP contribution >= 0.6 is 0 Å². The molecular formula is C13H18N4O2S. The second-order valence-electron chi connectivity index (χ2n) is 4.80. The summed E-state index contributed by atoms with van der Waals surface area (Å²) in [5, 5.41) is 0.0927. The number of nitrogens with zero attached hydrogens (tertiary/aromatic N) is 2. The summed E-state index contributed by atoms with van der Waals surface area (Å²) in [6.45, 7) is 3.94. The van der Waals surface area contributed by atoms with Crippen molar-refractivity contribution >= 4 is 15.7 Å². The Morgan fingerprint density at radius 1 is 1.40 bits per heavy atom. The summed E-state index contributed by atoms with van der Waals surface area (Å²) in [7, 11) is -3.59. The van der Waals surface area contributed by atoms with Gasteiger partial charge in [-0.3, -0.25) is 0 Å². The number of nitrogen functional groups attached to an aromatic ring is 1. The maximum Gasteiger partial charge on any atom is 0.260 e. The summed E-state index contributed by atoms with van der Waals surface area (Å²) in [6, 6.07) is 7.04. The van der Waals surface area contributed by atoms with Crippen LogP contribution in [-0.2, 0) is 16.6 Å². The highest BCUT2D eigenvalue weighted by Crippen LogP contribution is 2.19. The van der Waals surface area contributed by atoms with Gasteiger partial charge < -0.3 is 10.7 Å². The van der Waals surface area contributed by atoms with Gasteiger partial charge in [0.15, 0.2) is 5.03 Å². The van der Waals surface area contributed by atoms with Crippen molar-refractivity contribution in [1.29, 1.82) is 0 Å². The van der Waals surface area contributed by atoms with Crippen LogP contribution < -0.4 is 5.73 Å². The normalized spacial score (nSPS) is 12.2. The number of rotatable bonds is 5. The van der Waals surface area contributed by atoms with Gasteiger partial charge in [0.05, 0.1) is 12.5 Å². The molecule has 7 heteroatoms. The molecule has 1 aromatic carbocycles. The Hall–Kier alpha value is -1.86. The van der Waals surface area contributed by atoms with Crippen molar-refractivity contribution in [1.82, 2.24) is 14.3 Å². The van der Waals surface area contributed by atoms with E-state index in [0.717, 1.165) is 5.56 Å². The van der Waals surface area contributed by atoms with Crippen molar-refractivity contribution in [2.75, 3.05) is 5.73 Å². The number of aromatic amines is 1. The Morgan fingerprint density at radius 3 is 2.70 bits per heavy atom. The molecule has 108 valence electrons. The molecule has 0 atom stereocenters. The molecule has 1 heterocycles. The van der Waals surface area contributed by atoms with Crippen LogP contribution in [0.25, 0.3) is 0 Å². The fourth-order valence-electron chi connectivity index (χ4n) is 1.93. The topological polar surface area (TPSA) is 92.1 Å². The third kappa shape index (κ3) is 3.00. The fraction of sp³-hybridized carbons (Fsp3) is 0.308. The van der Waals surface area contributed by atoms with E-state index in [2.05, 4.69) is 9.97 Å². The average molecular weight is 294 g/mol. The zero-order valence-electron chi connectivity index (χ0n) is 11.4. The van der Waals surface area contributed by atoms with Crippen LogP contribution in [0.5, 0.6) is 0 Å². The van der Waals surface area contributed by atoms with Crippen molar-refractivity contribution in [2.24, 2.45) is 0 Å². The number of anilines is 1. The molecule has 0 bridgehead atoms. The SMILES string of the molecule is CC(C)N(Cc1cccc(N)c1)S(=O)(=O)c1cnc[nH]1. The number of imidazole rings is 1. The van der Waals surface area contributed by atoms with E-state index in [1.165, 1.54) is 16.8 Å². The monoisotopic (exact) mass is 294 g/mol. The molecule has 0 aliphatic carbocycles. The number of nitrogens with two attached hydrogens (primary N) is 1. The van der Waals surface area contributed by atoms with E-state index in [0.29, 0.717) is 5.69 Å². The van der Waals surface area contributed by atoms with Gasteiger partial charge in [-0.1, -0.05) is 12.1 Å². The smallest absolute Gasteiger partial charge is 0.260 e. The minimum Gasteiger partial charge on any atom is -0.399 e. The van der Waals surface area contributed by atoms with Crippen LogP contribution in [0.1, 0.15) is 19.4 Å². The van der Waals surface area contributed by atoms with Crippen molar-refractivity contribution in [3.05, 3.63) is 42.4 Å². The van der Waals surface area contributed by atoms with E-state index in [-0.39, 0.29) is 17.6 Å². The molecule has 0 aliphatic heterocycles. The van der Waals surface area contributed by atoms with Crippen molar-refractivity contribution in [3.63, 3.8) is 0 Å². The predicted octanol–water partition coefficient (Wildman–Crippen LogP) is 1.59. The summed E-state index contributed by atoms with van der Waals surface area (Å²) < 4.78 is 26.5. The molecule has 0 saturated carbocycles. The number of hydrogen-bond acceptors (Lipinski definition) is 4. The van der Waals surface area contributed by atoms with Gasteiger partial charge in [-0.25, -0.2) is 13.4 Å². The minimum absolute atomic E-state index is 0.0927. The zero-order chi connectivity index (χ0) is 14.8. The molecule has 0 unspecified atom stereocenters. The molecule has 0 fully saturated rings. The highest BCUT2D eigenvalue weighted by atomic mass is 32.2. The summed E-state index contributed by atoms with van der Waals surface area (Å²) in [4.78, 5) is 6.41. The molecule has 0 amide bonds. The quantitative estimate of drug-likeness (QED) is 0.819. The van der Waals surface area contributed by atoms with Crippen LogP contribution in [0.4, 0.5) is 5.69 Å². The van der Waals surface area contributed by atoms with E-state index in [4.69, 9.17) is 5.73 Å². The molecule has 2 aromatic rings. The largest absolute Gasteiger partial charge is 0.399 e. The lowest BCUT2D eigenvalue weighted by atomic mass is 10.2. The molecule has 0 radical (unpaired) electrons. The van der Waals surface area contributed by atoms with E-state index in [1.807, 2.05) is 26.0 Å². The molecule has 20 heavy (non-hydrogen) atoms. The summed E-state index contributed by atoms with van der Waals surface area (Å²) >= 11 is 0. The summed E-state index contributed by atoms with van der Waals surface area (Å²) in [5.74, 6) is 0. The number of aromatic nitrogens is 2. The molecule has 0 saturated heterocycles. The van der Waals surface area contributed by atoms with Gasteiger partial charge in [0.25, 0.3) is 10.0 Å². The first-order chi connectivity index (χ1) is 9.41. The second-order valence-corrected chi connectivity index (χ2v) is 6.66. The van der Waals surface area contributed by atoms with E-state index >= 15 is 0 Å². The Labute approximate surface area is 118 Å². The Bertz CT molecular complexity index is 665. The molecule has 1 aromatic heterocycles. The minimum atomic E-state index is -3.59. The van der Waals surface area contributed by atoms with E-state index in [9.17, 15) is 8.42 Å². The molecule has 0 aliphatic rings. The number of sulfonamides is 1. The summed E-state index contributed by atoms with van der Waals surface area (Å²) in [6.07, 6.45) is 2.66. The van der Waals surface area contributed by atoms with Gasteiger partial charge >= 0.3 is 0 Å². The van der Waals surface area contributed by atoms with Crippen LogP contribution in [0, 0.1) is 0 Å². The van der Waals surface area contributed by atoms with Crippen LogP contribution in [0.3, 0.4) is 0 Å². The maximum atomic E-state index is 12.5. The molecule has 0 spiro atoms. The van der Waals surface area contributed by atoms with Gasteiger partial charge in [0.1, 0.15) is 0 Å². The van der Waals surface area contributed by atoms with Crippen molar-refractivity contribution in [2.45, 2.75) is 31.5 Å². The van der Waals surface area contributed by atoms with Crippen molar-refractivity contribution < 1.29 is 8.42 Å². The molecular weight excluding hydrogens is 276 g/mol. The highest BCUT2D eigenvalue weighted by molar-refractivity contribution is 7.89. The first-order valence-corrected chi connectivity index (χ1v) is 7.70. The lowest BCUT2D eigenvalue weighted by Crippen LogP contribution is -2.36. The van der Waals surface area contributed by atoms with E-state index in [1.54, 1.807) is 12.1 Å². The van der Waals surface area contributed by atoms with Crippen molar-refractivity contribution in [3.8, 4) is 0 Å². The van der Waals surface area contributed by atoms with Crippen LogP contribution in [0.2, 0.25) is 0 Å². The first-order valence-electron chi connectivity index (χ1n) is 6.26. The fourth-order valence-corrected chi connectivity index (χ4v) is 3.45. The van der Waals surface area contributed by atoms with Gasteiger partial charge in [-0.2, -0.15) is 4.31 Å². The van der Waals surface area contributed by atoms with Gasteiger partial charge in [-0.05, 0) is 31.5 Å². The zero-order valence-corrected chi connectivity index (χ0v) is 12.3. The molecule has 2 rings (SSSR count). The average Bonchev–Trinajstić information content (AvgIpc) is 2.90. The number of benzene rings is 1. The first kappa shape index (κ1) is 14.5. The Kier molecular flexibility index (Phi) is 4.10. The lowest BCUT2D eigenvalue weighted by molar-refractivity contribution is 0.347. The van der Waals surface area contributed by atoms with Gasteiger partial charge in [0.2, 0.25) is 0 Å². The number of hydrogen-bond donors (Lipinski definition) is 2. The third-order valence-electron chi connectivity index (χ3n) is 2.93. The molecule has 3 N–H and O–H groups in total. The summed E-state index contributed by atoms with van der Waals surface area (Å²) in [5.41, 5.74) is 7.19. The standard InChI is InChI=1S/C13H18N4O2S/c1-10(2)17(8-11-4-3-5-12(14)6-11)20(18,19)13-7-15-9-16-13/h3-7,9-10H,8,14H2,1-2H3,(H,15,16). The predicted molar refractivity (Wildman–Crippen MR) is 77.3 cm³/mol. The highest BCUT2D eigenvalue weighted by Gasteiger charge is 2.28. The lowest BCUT2D eigenvalue weighted by Gasteiger charge is -2.25.